The molecule has 6 heteroatoms. The first-order chi connectivity index (χ1) is 11.7. The van der Waals surface area contributed by atoms with Crippen LogP contribution in [-0.2, 0) is 0 Å². The number of hydrogen-bond donors (Lipinski definition) is 5. The third kappa shape index (κ3) is 2.99. The maximum Gasteiger partial charge on any atom is 0.219 e. The topological polar surface area (TPSA) is 136 Å². The van der Waals surface area contributed by atoms with Crippen LogP contribution < -0.4 is 17.2 Å². The molecule has 1 aliphatic carbocycles. The average molecular weight is 337 g/mol. The maximum atomic E-state index is 12.9. The molecule has 0 radical (unpaired) electrons. The number of carbonyl (C=O) groups is 1. The molecule has 0 heterocycles. The van der Waals surface area contributed by atoms with Gasteiger partial charge in [-0.2, -0.15) is 0 Å². The largest absolute Gasteiger partial charge is 0.398 e. The number of ketones is 1. The first-order valence-electron chi connectivity index (χ1n) is 7.66. The van der Waals surface area contributed by atoms with Crippen molar-refractivity contribution in [3.8, 4) is 0 Å². The van der Waals surface area contributed by atoms with Gasteiger partial charge < -0.3 is 27.4 Å². The summed E-state index contributed by atoms with van der Waals surface area (Å²) in [7, 11) is 0. The van der Waals surface area contributed by atoms with Gasteiger partial charge in [0.15, 0.2) is 5.78 Å². The van der Waals surface area contributed by atoms with Gasteiger partial charge in [-0.3, -0.25) is 4.79 Å². The van der Waals surface area contributed by atoms with E-state index in [2.05, 4.69) is 0 Å². The van der Waals surface area contributed by atoms with Crippen molar-refractivity contribution in [2.45, 2.75) is 11.4 Å². The fourth-order valence-corrected chi connectivity index (χ4v) is 2.73. The fourth-order valence-electron chi connectivity index (χ4n) is 2.73. The lowest BCUT2D eigenvalue weighted by atomic mass is 9.85. The Labute approximate surface area is 144 Å². The van der Waals surface area contributed by atoms with Gasteiger partial charge >= 0.3 is 0 Å². The highest BCUT2D eigenvalue weighted by atomic mass is 16.5. The molecule has 0 atom stereocenters. The van der Waals surface area contributed by atoms with E-state index in [0.29, 0.717) is 28.0 Å². The van der Waals surface area contributed by atoms with Gasteiger partial charge in [0.05, 0.1) is 5.56 Å². The first-order valence-corrected chi connectivity index (χ1v) is 7.66. The Hall–Kier alpha value is -2.77. The van der Waals surface area contributed by atoms with Crippen LogP contribution in [0.15, 0.2) is 66.8 Å². The minimum Gasteiger partial charge on any atom is -0.398 e. The second kappa shape index (κ2) is 5.94. The van der Waals surface area contributed by atoms with Gasteiger partial charge in [-0.1, -0.05) is 48.5 Å². The minimum atomic E-state index is -2.39. The molecule has 0 saturated heterocycles. The molecule has 0 spiro atoms. The van der Waals surface area contributed by atoms with Crippen molar-refractivity contribution in [3.05, 3.63) is 83.4 Å². The van der Waals surface area contributed by atoms with E-state index in [9.17, 15) is 15.0 Å². The van der Waals surface area contributed by atoms with Crippen LogP contribution in [-0.4, -0.2) is 27.4 Å². The van der Waals surface area contributed by atoms with E-state index in [1.165, 1.54) is 12.2 Å². The summed E-state index contributed by atoms with van der Waals surface area (Å²) < 4.78 is 0. The van der Waals surface area contributed by atoms with Crippen LogP contribution in [0.3, 0.4) is 0 Å². The van der Waals surface area contributed by atoms with Gasteiger partial charge in [0.1, 0.15) is 5.66 Å². The van der Waals surface area contributed by atoms with E-state index in [0.717, 1.165) is 6.08 Å². The molecule has 0 unspecified atom stereocenters. The SMILES string of the molecule is Nc1cccc(C2=CC(N)(N)C(O)(O)C=C2)c1C(=O)c1ccccc1. The number of allylic oxidation sites excluding steroid dienone is 2. The number of benzene rings is 2. The highest BCUT2D eigenvalue weighted by molar-refractivity contribution is 6.15. The highest BCUT2D eigenvalue weighted by Crippen LogP contribution is 2.33. The number of rotatable bonds is 3. The summed E-state index contributed by atoms with van der Waals surface area (Å²) in [5.41, 5.74) is 17.8. The van der Waals surface area contributed by atoms with Crippen LogP contribution in [0, 0.1) is 0 Å². The lowest BCUT2D eigenvalue weighted by Gasteiger charge is -2.36. The van der Waals surface area contributed by atoms with Crippen LogP contribution >= 0.6 is 0 Å². The van der Waals surface area contributed by atoms with E-state index < -0.39 is 11.4 Å². The van der Waals surface area contributed by atoms with Crippen molar-refractivity contribution in [2.75, 3.05) is 5.73 Å². The molecule has 2 aromatic carbocycles. The molecule has 0 bridgehead atoms. The van der Waals surface area contributed by atoms with Gasteiger partial charge in [-0.05, 0) is 29.4 Å². The maximum absolute atomic E-state index is 12.9. The monoisotopic (exact) mass is 337 g/mol. The lowest BCUT2D eigenvalue weighted by Crippen LogP contribution is -2.65. The van der Waals surface area contributed by atoms with Crippen LogP contribution in [0.4, 0.5) is 5.69 Å². The van der Waals surface area contributed by atoms with Crippen molar-refractivity contribution in [2.24, 2.45) is 11.5 Å². The molecule has 1 aliphatic rings. The number of anilines is 1. The van der Waals surface area contributed by atoms with E-state index in [1.54, 1.807) is 42.5 Å². The van der Waals surface area contributed by atoms with E-state index in [4.69, 9.17) is 17.2 Å². The van der Waals surface area contributed by atoms with E-state index in [-0.39, 0.29) is 5.78 Å². The fraction of sp³-hybridized carbons (Fsp3) is 0.105. The summed E-state index contributed by atoms with van der Waals surface area (Å²) in [6.45, 7) is 0. The Morgan fingerprint density at radius 3 is 2.28 bits per heavy atom. The molecule has 0 saturated carbocycles. The molecule has 0 amide bonds. The average Bonchev–Trinajstić information content (AvgIpc) is 2.57. The highest BCUT2D eigenvalue weighted by Gasteiger charge is 2.42. The first kappa shape index (κ1) is 17.1. The van der Waals surface area contributed by atoms with Gasteiger partial charge in [-0.15, -0.1) is 0 Å². The molecule has 6 nitrogen and oxygen atoms in total. The minimum absolute atomic E-state index is 0.243. The third-order valence-corrected chi connectivity index (χ3v) is 4.20. The standard InChI is InChI=1S/C19H19N3O3/c20-15-8-4-7-14(13-9-10-19(24,25)18(21,22)11-13)16(15)17(23)12-5-2-1-3-6-12/h1-11,24-25H,20-22H2. The summed E-state index contributed by atoms with van der Waals surface area (Å²) in [4.78, 5) is 12.9. The number of hydrogen-bond acceptors (Lipinski definition) is 6. The van der Waals surface area contributed by atoms with Crippen molar-refractivity contribution in [1.29, 1.82) is 0 Å². The smallest absolute Gasteiger partial charge is 0.219 e. The molecule has 8 N–H and O–H groups in total. The molecule has 0 fully saturated rings. The quantitative estimate of drug-likeness (QED) is 0.318. The molecular weight excluding hydrogens is 318 g/mol. The number of carbonyl (C=O) groups excluding carboxylic acids is 1. The zero-order valence-electron chi connectivity index (χ0n) is 13.4. The van der Waals surface area contributed by atoms with Crippen molar-refractivity contribution in [1.82, 2.24) is 0 Å². The summed E-state index contributed by atoms with van der Waals surface area (Å²) in [5, 5.41) is 19.7. The van der Waals surface area contributed by atoms with Crippen molar-refractivity contribution < 1.29 is 15.0 Å². The molecule has 25 heavy (non-hydrogen) atoms. The number of aliphatic hydroxyl groups is 2. The molecular formula is C19H19N3O3. The van der Waals surface area contributed by atoms with E-state index >= 15 is 0 Å². The summed E-state index contributed by atoms with van der Waals surface area (Å²) in [5.74, 6) is -2.63. The Bertz CT molecular complexity index is 884. The third-order valence-electron chi connectivity index (χ3n) is 4.20. The lowest BCUT2D eigenvalue weighted by molar-refractivity contribution is -0.156. The summed E-state index contributed by atoms with van der Waals surface area (Å²) in [6, 6.07) is 13.8. The summed E-state index contributed by atoms with van der Waals surface area (Å²) >= 11 is 0. The zero-order chi connectivity index (χ0) is 18.2. The Morgan fingerprint density at radius 1 is 0.960 bits per heavy atom. The molecule has 3 rings (SSSR count). The number of nitrogen functional groups attached to an aromatic ring is 1. The van der Waals surface area contributed by atoms with Crippen molar-refractivity contribution in [3.63, 3.8) is 0 Å². The zero-order valence-corrected chi connectivity index (χ0v) is 13.4. The molecule has 128 valence electrons. The van der Waals surface area contributed by atoms with Crippen LogP contribution in [0.5, 0.6) is 0 Å². The second-order valence-electron chi connectivity index (χ2n) is 6.06. The predicted octanol–water partition coefficient (Wildman–Crippen LogP) is 0.748. The van der Waals surface area contributed by atoms with Crippen LogP contribution in [0.1, 0.15) is 21.5 Å². The normalized spacial score (nSPS) is 17.8. The molecule has 0 aromatic heterocycles. The van der Waals surface area contributed by atoms with Crippen molar-refractivity contribution >= 4 is 17.0 Å². The van der Waals surface area contributed by atoms with Gasteiger partial charge in [0.25, 0.3) is 0 Å². The van der Waals surface area contributed by atoms with Gasteiger partial charge in [0, 0.05) is 11.3 Å². The second-order valence-corrected chi connectivity index (χ2v) is 6.06. The Kier molecular flexibility index (Phi) is 4.06. The predicted molar refractivity (Wildman–Crippen MR) is 96.1 cm³/mol. The Balaban J connectivity index is 2.14. The van der Waals surface area contributed by atoms with Gasteiger partial charge in [0.2, 0.25) is 5.79 Å². The van der Waals surface area contributed by atoms with Gasteiger partial charge in [-0.25, -0.2) is 0 Å². The Morgan fingerprint density at radius 2 is 1.64 bits per heavy atom. The van der Waals surface area contributed by atoms with Crippen LogP contribution in [0.2, 0.25) is 0 Å². The molecule has 0 aliphatic heterocycles. The van der Waals surface area contributed by atoms with E-state index in [1.807, 2.05) is 6.07 Å². The number of nitrogens with two attached hydrogens (primary N) is 3. The van der Waals surface area contributed by atoms with Crippen LogP contribution in [0.25, 0.3) is 5.57 Å². The molecule has 2 aromatic rings. The summed E-state index contributed by atoms with van der Waals surface area (Å²) in [6.07, 6.45) is 3.85.